The van der Waals surface area contributed by atoms with Gasteiger partial charge in [0.25, 0.3) is 0 Å². The number of H-pyrrole nitrogens is 1. The van der Waals surface area contributed by atoms with Crippen molar-refractivity contribution < 1.29 is 4.79 Å². The average molecular weight is 232 g/mol. The number of benzene rings is 1. The third kappa shape index (κ3) is 2.98. The van der Waals surface area contributed by atoms with Crippen LogP contribution in [0.5, 0.6) is 0 Å². The SMILES string of the molecule is NC(=O)NCCNCc1c[nH]c2ccccc12. The molecule has 0 saturated carbocycles. The van der Waals surface area contributed by atoms with Crippen LogP contribution < -0.4 is 16.4 Å². The summed E-state index contributed by atoms with van der Waals surface area (Å²) >= 11 is 0. The summed E-state index contributed by atoms with van der Waals surface area (Å²) in [6, 6.07) is 7.68. The van der Waals surface area contributed by atoms with E-state index in [4.69, 9.17) is 5.73 Å². The number of hydrogen-bond acceptors (Lipinski definition) is 2. The molecule has 2 aromatic rings. The van der Waals surface area contributed by atoms with Crippen molar-refractivity contribution in [2.75, 3.05) is 13.1 Å². The van der Waals surface area contributed by atoms with E-state index in [0.717, 1.165) is 12.1 Å². The van der Waals surface area contributed by atoms with Crippen LogP contribution in [0, 0.1) is 0 Å². The van der Waals surface area contributed by atoms with Crippen LogP contribution in [0.4, 0.5) is 4.79 Å². The summed E-state index contributed by atoms with van der Waals surface area (Å²) in [7, 11) is 0. The van der Waals surface area contributed by atoms with E-state index in [2.05, 4.69) is 21.7 Å². The van der Waals surface area contributed by atoms with Gasteiger partial charge < -0.3 is 21.4 Å². The predicted molar refractivity (Wildman–Crippen MR) is 67.6 cm³/mol. The van der Waals surface area contributed by atoms with Crippen LogP contribution in [0.2, 0.25) is 0 Å². The van der Waals surface area contributed by atoms with E-state index in [9.17, 15) is 4.79 Å². The first-order chi connectivity index (χ1) is 8.27. The third-order valence-electron chi connectivity index (χ3n) is 2.59. The second-order valence-electron chi connectivity index (χ2n) is 3.83. The topological polar surface area (TPSA) is 82.9 Å². The molecule has 90 valence electrons. The normalized spacial score (nSPS) is 10.6. The van der Waals surface area contributed by atoms with E-state index >= 15 is 0 Å². The van der Waals surface area contributed by atoms with Crippen LogP contribution in [-0.4, -0.2) is 24.1 Å². The molecule has 0 atom stereocenters. The minimum Gasteiger partial charge on any atom is -0.361 e. The quantitative estimate of drug-likeness (QED) is 0.578. The van der Waals surface area contributed by atoms with E-state index in [0.29, 0.717) is 13.1 Å². The Hall–Kier alpha value is -2.01. The average Bonchev–Trinajstić information content (AvgIpc) is 2.72. The number of aromatic nitrogens is 1. The number of nitrogens with one attached hydrogen (secondary N) is 3. The number of hydrogen-bond donors (Lipinski definition) is 4. The Bertz CT molecular complexity index is 506. The molecule has 0 aliphatic rings. The van der Waals surface area contributed by atoms with E-state index < -0.39 is 6.03 Å². The molecule has 0 saturated heterocycles. The summed E-state index contributed by atoms with van der Waals surface area (Å²) in [5.41, 5.74) is 7.32. The number of primary amides is 1. The van der Waals surface area contributed by atoms with Gasteiger partial charge in [0.2, 0.25) is 0 Å². The molecule has 0 radical (unpaired) electrons. The number of para-hydroxylation sites is 1. The molecule has 5 N–H and O–H groups in total. The lowest BCUT2D eigenvalue weighted by molar-refractivity contribution is 0.249. The molecule has 1 heterocycles. The lowest BCUT2D eigenvalue weighted by Gasteiger charge is -2.04. The van der Waals surface area contributed by atoms with Gasteiger partial charge in [0, 0.05) is 36.7 Å². The molecule has 0 aliphatic carbocycles. The third-order valence-corrected chi connectivity index (χ3v) is 2.59. The molecule has 5 heteroatoms. The number of carbonyl (C=O) groups excluding carboxylic acids is 1. The van der Waals surface area contributed by atoms with Gasteiger partial charge in [0.05, 0.1) is 0 Å². The maximum atomic E-state index is 10.4. The van der Waals surface area contributed by atoms with Gasteiger partial charge in [-0.1, -0.05) is 18.2 Å². The number of carbonyl (C=O) groups is 1. The van der Waals surface area contributed by atoms with Crippen LogP contribution in [0.25, 0.3) is 10.9 Å². The number of aromatic amines is 1. The summed E-state index contributed by atoms with van der Waals surface area (Å²) in [6.07, 6.45) is 2.00. The van der Waals surface area contributed by atoms with Gasteiger partial charge in [-0.15, -0.1) is 0 Å². The van der Waals surface area contributed by atoms with Crippen molar-refractivity contribution in [3.8, 4) is 0 Å². The summed E-state index contributed by atoms with van der Waals surface area (Å²) in [4.78, 5) is 13.7. The Kier molecular flexibility index (Phi) is 3.62. The molecular formula is C12H16N4O. The van der Waals surface area contributed by atoms with Gasteiger partial charge in [-0.2, -0.15) is 0 Å². The summed E-state index contributed by atoms with van der Waals surface area (Å²) in [5.74, 6) is 0. The van der Waals surface area contributed by atoms with Crippen molar-refractivity contribution in [1.82, 2.24) is 15.6 Å². The van der Waals surface area contributed by atoms with Gasteiger partial charge in [-0.25, -0.2) is 4.79 Å². The van der Waals surface area contributed by atoms with Crippen LogP contribution in [0.3, 0.4) is 0 Å². The molecule has 0 bridgehead atoms. The van der Waals surface area contributed by atoms with Crippen LogP contribution in [0.1, 0.15) is 5.56 Å². The van der Waals surface area contributed by atoms with E-state index in [1.807, 2.05) is 24.4 Å². The molecule has 1 aromatic carbocycles. The fraction of sp³-hybridized carbons (Fsp3) is 0.250. The standard InChI is InChI=1S/C12H16N4O/c13-12(17)15-6-5-14-7-9-8-16-11-4-2-1-3-10(9)11/h1-4,8,14,16H,5-7H2,(H3,13,15,17). The Morgan fingerprint density at radius 1 is 1.29 bits per heavy atom. The van der Waals surface area contributed by atoms with Crippen molar-refractivity contribution >= 4 is 16.9 Å². The second-order valence-corrected chi connectivity index (χ2v) is 3.83. The lowest BCUT2D eigenvalue weighted by atomic mass is 10.2. The summed E-state index contributed by atoms with van der Waals surface area (Å²) in [6.45, 7) is 2.00. The number of amides is 2. The Morgan fingerprint density at radius 3 is 2.94 bits per heavy atom. The van der Waals surface area contributed by atoms with Gasteiger partial charge >= 0.3 is 6.03 Å². The number of urea groups is 1. The van der Waals surface area contributed by atoms with Crippen molar-refractivity contribution in [2.45, 2.75) is 6.54 Å². The van der Waals surface area contributed by atoms with Crippen molar-refractivity contribution in [3.05, 3.63) is 36.0 Å². The number of fused-ring (bicyclic) bond motifs is 1. The van der Waals surface area contributed by atoms with E-state index in [-0.39, 0.29) is 0 Å². The highest BCUT2D eigenvalue weighted by Gasteiger charge is 2.01. The zero-order chi connectivity index (χ0) is 12.1. The Labute approximate surface area is 99.4 Å². The fourth-order valence-corrected chi connectivity index (χ4v) is 1.78. The van der Waals surface area contributed by atoms with Crippen LogP contribution >= 0.6 is 0 Å². The highest BCUT2D eigenvalue weighted by Crippen LogP contribution is 2.16. The second kappa shape index (κ2) is 5.36. The Morgan fingerprint density at radius 2 is 2.12 bits per heavy atom. The highest BCUT2D eigenvalue weighted by molar-refractivity contribution is 5.82. The van der Waals surface area contributed by atoms with Crippen molar-refractivity contribution in [3.63, 3.8) is 0 Å². The Balaban J connectivity index is 1.85. The highest BCUT2D eigenvalue weighted by atomic mass is 16.2. The van der Waals surface area contributed by atoms with Crippen LogP contribution in [0.15, 0.2) is 30.5 Å². The van der Waals surface area contributed by atoms with Crippen LogP contribution in [-0.2, 0) is 6.54 Å². The minimum absolute atomic E-state index is 0.487. The van der Waals surface area contributed by atoms with E-state index in [1.54, 1.807) is 0 Å². The van der Waals surface area contributed by atoms with E-state index in [1.165, 1.54) is 10.9 Å². The first-order valence-corrected chi connectivity index (χ1v) is 5.56. The fourth-order valence-electron chi connectivity index (χ4n) is 1.78. The smallest absolute Gasteiger partial charge is 0.312 e. The summed E-state index contributed by atoms with van der Waals surface area (Å²) in [5, 5.41) is 7.00. The predicted octanol–water partition coefficient (Wildman–Crippen LogP) is 0.926. The monoisotopic (exact) mass is 232 g/mol. The first kappa shape index (κ1) is 11.5. The van der Waals surface area contributed by atoms with Gasteiger partial charge in [0.1, 0.15) is 0 Å². The maximum absolute atomic E-state index is 10.4. The molecule has 2 rings (SSSR count). The number of nitrogens with two attached hydrogens (primary N) is 1. The molecule has 0 spiro atoms. The summed E-state index contributed by atoms with van der Waals surface area (Å²) < 4.78 is 0. The molecule has 0 fully saturated rings. The van der Waals surface area contributed by atoms with Gasteiger partial charge in [-0.05, 0) is 11.6 Å². The number of rotatable bonds is 5. The largest absolute Gasteiger partial charge is 0.361 e. The molecule has 0 unspecified atom stereocenters. The molecular weight excluding hydrogens is 216 g/mol. The van der Waals surface area contributed by atoms with Gasteiger partial charge in [0.15, 0.2) is 0 Å². The molecule has 2 amide bonds. The lowest BCUT2D eigenvalue weighted by Crippen LogP contribution is -2.35. The molecule has 1 aromatic heterocycles. The first-order valence-electron chi connectivity index (χ1n) is 5.56. The van der Waals surface area contributed by atoms with Gasteiger partial charge in [-0.3, -0.25) is 0 Å². The van der Waals surface area contributed by atoms with Crippen molar-refractivity contribution in [2.24, 2.45) is 5.73 Å². The maximum Gasteiger partial charge on any atom is 0.312 e. The molecule has 17 heavy (non-hydrogen) atoms. The molecule has 0 aliphatic heterocycles. The minimum atomic E-state index is -0.487. The zero-order valence-corrected chi connectivity index (χ0v) is 9.49. The molecule has 5 nitrogen and oxygen atoms in total. The zero-order valence-electron chi connectivity index (χ0n) is 9.49. The van der Waals surface area contributed by atoms with Crippen molar-refractivity contribution in [1.29, 1.82) is 0 Å².